The van der Waals surface area contributed by atoms with Crippen molar-refractivity contribution in [3.05, 3.63) is 46.9 Å². The highest BCUT2D eigenvalue weighted by Gasteiger charge is 2.03. The molecule has 0 amide bonds. The molecule has 0 atom stereocenters. The first-order chi connectivity index (χ1) is 8.58. The van der Waals surface area contributed by atoms with E-state index in [4.69, 9.17) is 0 Å². The number of hydrogen-bond donors (Lipinski definition) is 0. The van der Waals surface area contributed by atoms with Gasteiger partial charge in [0, 0.05) is 18.1 Å². The van der Waals surface area contributed by atoms with E-state index in [1.54, 1.807) is 6.20 Å². The number of aryl methyl sites for hydroxylation is 2. The van der Waals surface area contributed by atoms with E-state index in [1.807, 2.05) is 13.1 Å². The van der Waals surface area contributed by atoms with Crippen LogP contribution in [0, 0.1) is 6.92 Å². The van der Waals surface area contributed by atoms with Crippen molar-refractivity contribution in [2.45, 2.75) is 40.5 Å². The second-order valence-electron chi connectivity index (χ2n) is 4.62. The Morgan fingerprint density at radius 1 is 1.44 bits per heavy atom. The lowest BCUT2D eigenvalue weighted by Gasteiger charge is -2.08. The van der Waals surface area contributed by atoms with E-state index in [9.17, 15) is 0 Å². The molecule has 2 nitrogen and oxygen atoms in total. The highest BCUT2D eigenvalue weighted by molar-refractivity contribution is 5.68. The summed E-state index contributed by atoms with van der Waals surface area (Å²) in [6.07, 6.45) is 8.02. The monoisotopic (exact) mass is 242 g/mol. The first-order valence-corrected chi connectivity index (χ1v) is 6.35. The Morgan fingerprint density at radius 2 is 2.17 bits per heavy atom. The van der Waals surface area contributed by atoms with Gasteiger partial charge in [0.05, 0.1) is 0 Å². The molecule has 0 N–H and O–H groups in total. The smallest absolute Gasteiger partial charge is 0.0406 e. The largest absolute Gasteiger partial charge is 0.272 e. The number of hydrogen-bond acceptors (Lipinski definition) is 2. The van der Waals surface area contributed by atoms with E-state index in [2.05, 4.69) is 49.6 Å². The van der Waals surface area contributed by atoms with Gasteiger partial charge in [-0.15, -0.1) is 0 Å². The molecule has 0 aromatic carbocycles. The Hall–Kier alpha value is -1.70. The molecule has 0 saturated carbocycles. The van der Waals surface area contributed by atoms with Crippen molar-refractivity contribution in [1.29, 1.82) is 0 Å². The lowest BCUT2D eigenvalue weighted by Crippen LogP contribution is -1.94. The van der Waals surface area contributed by atoms with Crippen LogP contribution in [-0.4, -0.2) is 11.7 Å². The summed E-state index contributed by atoms with van der Waals surface area (Å²) in [5, 5.41) is 0. The van der Waals surface area contributed by atoms with Crippen LogP contribution in [-0.2, 0) is 6.42 Å². The second kappa shape index (κ2) is 6.90. The molecule has 0 radical (unpaired) electrons. The highest BCUT2D eigenvalue weighted by atomic mass is 14.7. The van der Waals surface area contributed by atoms with Gasteiger partial charge in [-0.3, -0.25) is 9.98 Å². The van der Waals surface area contributed by atoms with E-state index in [-0.39, 0.29) is 0 Å². The summed E-state index contributed by atoms with van der Waals surface area (Å²) < 4.78 is 0. The molecule has 0 aliphatic rings. The van der Waals surface area contributed by atoms with Crippen molar-refractivity contribution < 1.29 is 0 Å². The fraction of sp³-hybridized carbons (Fsp3) is 0.375. The van der Waals surface area contributed by atoms with Crippen molar-refractivity contribution >= 4 is 12.3 Å². The first-order valence-electron chi connectivity index (χ1n) is 6.35. The van der Waals surface area contributed by atoms with Crippen LogP contribution in [0.1, 0.15) is 44.0 Å². The van der Waals surface area contributed by atoms with Crippen LogP contribution in [0.25, 0.3) is 5.57 Å². The summed E-state index contributed by atoms with van der Waals surface area (Å²) in [7, 11) is 0. The Morgan fingerprint density at radius 3 is 2.72 bits per heavy atom. The minimum absolute atomic E-state index is 1.04. The predicted octanol–water partition coefficient (Wildman–Crippen LogP) is 4.35. The maximum Gasteiger partial charge on any atom is 0.0406 e. The van der Waals surface area contributed by atoms with Gasteiger partial charge >= 0.3 is 0 Å². The first kappa shape index (κ1) is 14.4. The third-order valence-corrected chi connectivity index (χ3v) is 2.84. The summed E-state index contributed by atoms with van der Waals surface area (Å²) in [6.45, 7) is 11.9. The van der Waals surface area contributed by atoms with Gasteiger partial charge in [-0.25, -0.2) is 0 Å². The van der Waals surface area contributed by atoms with E-state index >= 15 is 0 Å². The standard InChI is InChI=1S/C16H22N2/c1-6-7-15-9-14(4)16(11-18-15)13(3)8-12(2)10-17-5/h8-11H,5-7H2,1-4H3/b12-10+,13-8+. The van der Waals surface area contributed by atoms with E-state index in [1.165, 1.54) is 22.4 Å². The molecular formula is C16H22N2. The molecular weight excluding hydrogens is 220 g/mol. The molecule has 1 aromatic heterocycles. The van der Waals surface area contributed by atoms with Gasteiger partial charge in [-0.2, -0.15) is 0 Å². The van der Waals surface area contributed by atoms with E-state index in [0.29, 0.717) is 0 Å². The zero-order chi connectivity index (χ0) is 13.5. The van der Waals surface area contributed by atoms with Gasteiger partial charge in [0.15, 0.2) is 0 Å². The number of aliphatic imine (C=N–C) groups is 1. The van der Waals surface area contributed by atoms with E-state index < -0.39 is 0 Å². The zero-order valence-electron chi connectivity index (χ0n) is 11.8. The number of pyridine rings is 1. The van der Waals surface area contributed by atoms with Crippen LogP contribution in [0.2, 0.25) is 0 Å². The van der Waals surface area contributed by atoms with Gasteiger partial charge in [0.1, 0.15) is 0 Å². The molecule has 0 spiro atoms. The van der Waals surface area contributed by atoms with Crippen molar-refractivity contribution in [2.75, 3.05) is 0 Å². The molecule has 1 rings (SSSR count). The lowest BCUT2D eigenvalue weighted by atomic mass is 10.0. The highest BCUT2D eigenvalue weighted by Crippen LogP contribution is 2.20. The third-order valence-electron chi connectivity index (χ3n) is 2.84. The Labute approximate surface area is 110 Å². The Kier molecular flexibility index (Phi) is 5.50. The fourth-order valence-corrected chi connectivity index (χ4v) is 2.02. The average Bonchev–Trinajstić information content (AvgIpc) is 2.29. The summed E-state index contributed by atoms with van der Waals surface area (Å²) in [5.74, 6) is 0. The molecule has 2 heteroatoms. The summed E-state index contributed by atoms with van der Waals surface area (Å²) in [4.78, 5) is 8.28. The minimum atomic E-state index is 1.04. The van der Waals surface area contributed by atoms with Gasteiger partial charge < -0.3 is 0 Å². The molecule has 1 heterocycles. The topological polar surface area (TPSA) is 25.2 Å². The quantitative estimate of drug-likeness (QED) is 0.556. The predicted molar refractivity (Wildman–Crippen MR) is 79.9 cm³/mol. The summed E-state index contributed by atoms with van der Waals surface area (Å²) >= 11 is 0. The summed E-state index contributed by atoms with van der Waals surface area (Å²) in [5.41, 5.74) is 5.96. The van der Waals surface area contributed by atoms with Crippen molar-refractivity contribution in [3.8, 4) is 0 Å². The molecule has 18 heavy (non-hydrogen) atoms. The van der Waals surface area contributed by atoms with Crippen LogP contribution >= 0.6 is 0 Å². The van der Waals surface area contributed by atoms with Crippen molar-refractivity contribution in [3.63, 3.8) is 0 Å². The SMILES string of the molecule is C=N/C=C(C)/C=C(\C)c1cnc(CCC)cc1C. The number of nitrogens with zero attached hydrogens (tertiary/aromatic N) is 2. The minimum Gasteiger partial charge on any atom is -0.272 e. The molecule has 0 aliphatic carbocycles. The number of allylic oxidation sites excluding steroid dienone is 3. The van der Waals surface area contributed by atoms with Crippen LogP contribution in [0.3, 0.4) is 0 Å². The van der Waals surface area contributed by atoms with Crippen LogP contribution in [0.5, 0.6) is 0 Å². The van der Waals surface area contributed by atoms with Gasteiger partial charge in [-0.1, -0.05) is 19.4 Å². The van der Waals surface area contributed by atoms with Gasteiger partial charge in [0.25, 0.3) is 0 Å². The Bertz CT molecular complexity index is 482. The van der Waals surface area contributed by atoms with Crippen LogP contribution in [0.4, 0.5) is 0 Å². The van der Waals surface area contributed by atoms with Crippen LogP contribution < -0.4 is 0 Å². The normalized spacial score (nSPS) is 12.7. The van der Waals surface area contributed by atoms with Gasteiger partial charge in [-0.05, 0) is 62.2 Å². The zero-order valence-corrected chi connectivity index (χ0v) is 11.8. The van der Waals surface area contributed by atoms with E-state index in [0.717, 1.165) is 18.4 Å². The fourth-order valence-electron chi connectivity index (χ4n) is 2.02. The average molecular weight is 242 g/mol. The maximum absolute atomic E-state index is 4.51. The molecule has 0 bridgehead atoms. The van der Waals surface area contributed by atoms with Crippen molar-refractivity contribution in [1.82, 2.24) is 4.98 Å². The van der Waals surface area contributed by atoms with Gasteiger partial charge in [0.2, 0.25) is 0 Å². The summed E-state index contributed by atoms with van der Waals surface area (Å²) in [6, 6.07) is 2.18. The molecule has 0 saturated heterocycles. The lowest BCUT2D eigenvalue weighted by molar-refractivity contribution is 0.879. The number of aromatic nitrogens is 1. The third kappa shape index (κ3) is 3.95. The second-order valence-corrected chi connectivity index (χ2v) is 4.62. The number of rotatable bonds is 5. The molecule has 0 fully saturated rings. The molecule has 0 unspecified atom stereocenters. The maximum atomic E-state index is 4.51. The molecule has 1 aromatic rings. The molecule has 0 aliphatic heterocycles. The Balaban J connectivity index is 3.03. The van der Waals surface area contributed by atoms with Crippen molar-refractivity contribution in [2.24, 2.45) is 4.99 Å². The molecule has 96 valence electrons. The van der Waals surface area contributed by atoms with Crippen LogP contribution in [0.15, 0.2) is 35.1 Å².